The average molecular weight is 342 g/mol. The number of rotatable bonds is 2. The van der Waals surface area contributed by atoms with Crippen LogP contribution in [0.25, 0.3) is 0 Å². The van der Waals surface area contributed by atoms with Crippen LogP contribution in [-0.2, 0) is 4.79 Å². The molecule has 130 valence electrons. The monoisotopic (exact) mass is 342 g/mol. The highest BCUT2D eigenvalue weighted by Crippen LogP contribution is 2.35. The van der Waals surface area contributed by atoms with Crippen molar-refractivity contribution < 1.29 is 18.7 Å². The Morgan fingerprint density at radius 2 is 2.00 bits per heavy atom. The lowest BCUT2D eigenvalue weighted by molar-refractivity contribution is -0.114. The number of benzene rings is 2. The van der Waals surface area contributed by atoms with Crippen molar-refractivity contribution in [2.75, 3.05) is 16.8 Å². The van der Waals surface area contributed by atoms with Gasteiger partial charge in [-0.25, -0.2) is 4.39 Å². The summed E-state index contributed by atoms with van der Waals surface area (Å²) >= 11 is 0. The lowest BCUT2D eigenvalue weighted by atomic mass is 10.1. The van der Waals surface area contributed by atoms with Crippen LogP contribution >= 0.6 is 0 Å². The van der Waals surface area contributed by atoms with Crippen LogP contribution in [0.2, 0.25) is 0 Å². The molecule has 1 aliphatic heterocycles. The van der Waals surface area contributed by atoms with Crippen molar-refractivity contribution in [1.29, 1.82) is 0 Å². The quantitative estimate of drug-likeness (QED) is 0.908. The van der Waals surface area contributed by atoms with Gasteiger partial charge in [0.05, 0.1) is 17.9 Å². The predicted molar refractivity (Wildman–Crippen MR) is 93.6 cm³/mol. The molecular weight excluding hydrogens is 323 g/mol. The molecule has 1 N–H and O–H groups in total. The van der Waals surface area contributed by atoms with E-state index in [1.165, 1.54) is 25.1 Å². The van der Waals surface area contributed by atoms with Crippen LogP contribution < -0.4 is 15.0 Å². The first-order valence-corrected chi connectivity index (χ1v) is 8.01. The number of nitrogens with one attached hydrogen (secondary N) is 1. The van der Waals surface area contributed by atoms with Crippen molar-refractivity contribution >= 4 is 23.2 Å². The zero-order valence-corrected chi connectivity index (χ0v) is 14.3. The average Bonchev–Trinajstić information content (AvgIpc) is 2.54. The number of nitrogens with zero attached hydrogens (tertiary/aromatic N) is 1. The summed E-state index contributed by atoms with van der Waals surface area (Å²) in [6.07, 6.45) is -0.159. The minimum atomic E-state index is -0.585. The van der Waals surface area contributed by atoms with Gasteiger partial charge in [0.1, 0.15) is 17.7 Å². The zero-order chi connectivity index (χ0) is 18.1. The first-order chi connectivity index (χ1) is 11.8. The zero-order valence-electron chi connectivity index (χ0n) is 14.3. The van der Waals surface area contributed by atoms with Gasteiger partial charge in [-0.3, -0.25) is 9.59 Å². The Balaban J connectivity index is 1.97. The largest absolute Gasteiger partial charge is 0.487 e. The van der Waals surface area contributed by atoms with Gasteiger partial charge in [-0.05, 0) is 49.7 Å². The fourth-order valence-corrected chi connectivity index (χ4v) is 2.84. The first-order valence-electron chi connectivity index (χ1n) is 8.01. The van der Waals surface area contributed by atoms with Gasteiger partial charge in [0.15, 0.2) is 0 Å². The Bertz CT molecular complexity index is 851. The summed E-state index contributed by atoms with van der Waals surface area (Å²) < 4.78 is 19.6. The second-order valence-electron chi connectivity index (χ2n) is 6.19. The smallest absolute Gasteiger partial charge is 0.258 e. The standard InChI is InChI=1S/C19H19FN2O3/c1-11-4-7-17-18(8-11)25-12(2)10-22(17)19(24)14-5-6-15(20)16(9-14)21-13(3)23/h4-9,12H,10H2,1-3H3,(H,21,23)/t12-/m1/s1. The van der Waals surface area contributed by atoms with Crippen LogP contribution in [0, 0.1) is 12.7 Å². The number of amides is 2. The van der Waals surface area contributed by atoms with E-state index in [4.69, 9.17) is 4.74 Å². The van der Waals surface area contributed by atoms with Gasteiger partial charge in [0.25, 0.3) is 5.91 Å². The summed E-state index contributed by atoms with van der Waals surface area (Å²) in [6.45, 7) is 5.52. The molecule has 1 atom stereocenters. The van der Waals surface area contributed by atoms with E-state index < -0.39 is 11.7 Å². The van der Waals surface area contributed by atoms with Crippen LogP contribution in [0.4, 0.5) is 15.8 Å². The van der Waals surface area contributed by atoms with E-state index >= 15 is 0 Å². The molecule has 0 fully saturated rings. The lowest BCUT2D eigenvalue weighted by Gasteiger charge is -2.33. The summed E-state index contributed by atoms with van der Waals surface area (Å²) in [7, 11) is 0. The van der Waals surface area contributed by atoms with Crippen molar-refractivity contribution in [3.63, 3.8) is 0 Å². The van der Waals surface area contributed by atoms with Crippen molar-refractivity contribution in [1.82, 2.24) is 0 Å². The molecule has 2 amide bonds. The SMILES string of the molecule is CC(=O)Nc1cc(C(=O)N2C[C@@H](C)Oc3cc(C)ccc32)ccc1F. The molecule has 1 heterocycles. The summed E-state index contributed by atoms with van der Waals surface area (Å²) in [6, 6.07) is 9.58. The van der Waals surface area contributed by atoms with E-state index in [1.807, 2.05) is 32.0 Å². The van der Waals surface area contributed by atoms with Gasteiger partial charge in [0.2, 0.25) is 5.91 Å². The number of carbonyl (C=O) groups is 2. The van der Waals surface area contributed by atoms with Crippen molar-refractivity contribution in [3.05, 3.63) is 53.3 Å². The number of anilines is 2. The number of fused-ring (bicyclic) bond motifs is 1. The van der Waals surface area contributed by atoms with Crippen molar-refractivity contribution in [3.8, 4) is 5.75 Å². The number of ether oxygens (including phenoxy) is 1. The molecule has 0 spiro atoms. The second kappa shape index (κ2) is 6.55. The van der Waals surface area contributed by atoms with Crippen molar-refractivity contribution in [2.24, 2.45) is 0 Å². The van der Waals surface area contributed by atoms with E-state index in [0.717, 1.165) is 5.56 Å². The number of aryl methyl sites for hydroxylation is 1. The molecular formula is C19H19FN2O3. The third-order valence-electron chi connectivity index (χ3n) is 3.94. The maximum absolute atomic E-state index is 13.8. The molecule has 1 aliphatic rings. The second-order valence-corrected chi connectivity index (χ2v) is 6.19. The maximum Gasteiger partial charge on any atom is 0.258 e. The third-order valence-corrected chi connectivity index (χ3v) is 3.94. The minimum absolute atomic E-state index is 0.0104. The van der Waals surface area contributed by atoms with Gasteiger partial charge in [-0.1, -0.05) is 6.07 Å². The molecule has 5 nitrogen and oxygen atoms in total. The maximum atomic E-state index is 13.8. The summed E-state index contributed by atoms with van der Waals surface area (Å²) in [5.74, 6) is -0.606. The van der Waals surface area contributed by atoms with E-state index in [0.29, 0.717) is 23.5 Å². The van der Waals surface area contributed by atoms with Gasteiger partial charge in [-0.15, -0.1) is 0 Å². The summed E-state index contributed by atoms with van der Waals surface area (Å²) in [5, 5.41) is 2.40. The molecule has 0 saturated carbocycles. The van der Waals surface area contributed by atoms with Crippen LogP contribution in [-0.4, -0.2) is 24.5 Å². The van der Waals surface area contributed by atoms with Gasteiger partial charge in [0, 0.05) is 12.5 Å². The molecule has 2 aromatic carbocycles. The van der Waals surface area contributed by atoms with E-state index in [2.05, 4.69) is 5.32 Å². The molecule has 0 saturated heterocycles. The lowest BCUT2D eigenvalue weighted by Crippen LogP contribution is -2.42. The van der Waals surface area contributed by atoms with E-state index in [9.17, 15) is 14.0 Å². The number of halogens is 1. The first kappa shape index (κ1) is 17.0. The van der Waals surface area contributed by atoms with Crippen LogP contribution in [0.1, 0.15) is 29.8 Å². The highest BCUT2D eigenvalue weighted by molar-refractivity contribution is 6.08. The minimum Gasteiger partial charge on any atom is -0.487 e. The molecule has 6 heteroatoms. The van der Waals surface area contributed by atoms with E-state index in [1.54, 1.807) is 4.90 Å². The Labute approximate surface area is 145 Å². The van der Waals surface area contributed by atoms with Gasteiger partial charge in [-0.2, -0.15) is 0 Å². The third kappa shape index (κ3) is 3.47. The molecule has 0 aliphatic carbocycles. The van der Waals surface area contributed by atoms with Gasteiger partial charge < -0.3 is 15.0 Å². The topological polar surface area (TPSA) is 58.6 Å². The van der Waals surface area contributed by atoms with Crippen LogP contribution in [0.3, 0.4) is 0 Å². The van der Waals surface area contributed by atoms with Crippen LogP contribution in [0.15, 0.2) is 36.4 Å². The molecule has 0 aromatic heterocycles. The Kier molecular flexibility index (Phi) is 4.44. The molecule has 0 unspecified atom stereocenters. The molecule has 2 aromatic rings. The normalized spacial score (nSPS) is 16.0. The number of carbonyl (C=O) groups excluding carboxylic acids is 2. The highest BCUT2D eigenvalue weighted by atomic mass is 19.1. The Morgan fingerprint density at radius 1 is 1.24 bits per heavy atom. The van der Waals surface area contributed by atoms with Crippen LogP contribution in [0.5, 0.6) is 5.75 Å². The molecule has 0 bridgehead atoms. The Morgan fingerprint density at radius 3 is 2.72 bits per heavy atom. The molecule has 25 heavy (non-hydrogen) atoms. The molecule has 3 rings (SSSR count). The summed E-state index contributed by atoms with van der Waals surface area (Å²) in [4.78, 5) is 25.8. The Hall–Kier alpha value is -2.89. The van der Waals surface area contributed by atoms with Gasteiger partial charge >= 0.3 is 0 Å². The highest BCUT2D eigenvalue weighted by Gasteiger charge is 2.28. The fourth-order valence-electron chi connectivity index (χ4n) is 2.84. The van der Waals surface area contributed by atoms with Crippen molar-refractivity contribution in [2.45, 2.75) is 26.9 Å². The predicted octanol–water partition coefficient (Wildman–Crippen LogP) is 3.52. The number of hydrogen-bond acceptors (Lipinski definition) is 3. The summed E-state index contributed by atoms with van der Waals surface area (Å²) in [5.41, 5.74) is 2.00. The number of hydrogen-bond donors (Lipinski definition) is 1. The fraction of sp³-hybridized carbons (Fsp3) is 0.263. The molecule has 0 radical (unpaired) electrons. The van der Waals surface area contributed by atoms with E-state index in [-0.39, 0.29) is 17.7 Å².